The van der Waals surface area contributed by atoms with E-state index >= 15 is 0 Å². The minimum Gasteiger partial charge on any atom is -0.478 e. The topological polar surface area (TPSA) is 63.6 Å². The predicted octanol–water partition coefficient (Wildman–Crippen LogP) is 3.49. The summed E-state index contributed by atoms with van der Waals surface area (Å²) >= 11 is 0. The minimum atomic E-state index is -1.02. The standard InChI is InChI=1S/C18H16O4/c1-2-22-18(21)15-10-6-7-13(11-15)12-16(17(19)20)14-8-4-3-5-9-14/h3-12H,2H2,1H3,(H,19,20)/b16-12-. The van der Waals surface area contributed by atoms with Gasteiger partial charge in [-0.3, -0.25) is 0 Å². The van der Waals surface area contributed by atoms with Crippen molar-refractivity contribution in [2.45, 2.75) is 6.92 Å². The number of hydrogen-bond acceptors (Lipinski definition) is 3. The summed E-state index contributed by atoms with van der Waals surface area (Å²) in [6.07, 6.45) is 1.54. The zero-order valence-electron chi connectivity index (χ0n) is 12.2. The number of hydrogen-bond donors (Lipinski definition) is 1. The van der Waals surface area contributed by atoms with E-state index in [0.717, 1.165) is 0 Å². The number of carboxylic acids is 1. The molecule has 0 aliphatic rings. The van der Waals surface area contributed by atoms with Crippen molar-refractivity contribution in [3.63, 3.8) is 0 Å². The van der Waals surface area contributed by atoms with Gasteiger partial charge in [0.2, 0.25) is 0 Å². The Bertz CT molecular complexity index is 702. The summed E-state index contributed by atoms with van der Waals surface area (Å²) < 4.78 is 4.94. The fourth-order valence-electron chi connectivity index (χ4n) is 2.02. The molecule has 0 aliphatic heterocycles. The van der Waals surface area contributed by atoms with Crippen molar-refractivity contribution in [1.29, 1.82) is 0 Å². The Morgan fingerprint density at radius 1 is 1.05 bits per heavy atom. The van der Waals surface area contributed by atoms with E-state index in [9.17, 15) is 14.7 Å². The Morgan fingerprint density at radius 2 is 1.73 bits per heavy atom. The molecule has 112 valence electrons. The molecule has 2 aromatic rings. The Hall–Kier alpha value is -2.88. The highest BCUT2D eigenvalue weighted by Gasteiger charge is 2.11. The maximum absolute atomic E-state index is 11.7. The molecule has 0 saturated carbocycles. The van der Waals surface area contributed by atoms with Crippen LogP contribution in [0.15, 0.2) is 54.6 Å². The van der Waals surface area contributed by atoms with Crippen LogP contribution < -0.4 is 0 Å². The summed E-state index contributed by atoms with van der Waals surface area (Å²) in [7, 11) is 0. The third-order valence-electron chi connectivity index (χ3n) is 3.02. The van der Waals surface area contributed by atoms with Gasteiger partial charge in [-0.25, -0.2) is 9.59 Å². The van der Waals surface area contributed by atoms with Gasteiger partial charge in [0, 0.05) is 0 Å². The molecule has 0 unspecified atom stereocenters. The first-order chi connectivity index (χ1) is 10.6. The highest BCUT2D eigenvalue weighted by Crippen LogP contribution is 2.19. The van der Waals surface area contributed by atoms with Crippen LogP contribution >= 0.6 is 0 Å². The lowest BCUT2D eigenvalue weighted by Crippen LogP contribution is -2.04. The van der Waals surface area contributed by atoms with E-state index in [-0.39, 0.29) is 5.57 Å². The second kappa shape index (κ2) is 7.22. The zero-order chi connectivity index (χ0) is 15.9. The van der Waals surface area contributed by atoms with Crippen molar-refractivity contribution < 1.29 is 19.4 Å². The number of carbonyl (C=O) groups excluding carboxylic acids is 1. The van der Waals surface area contributed by atoms with Crippen LogP contribution in [-0.4, -0.2) is 23.7 Å². The lowest BCUT2D eigenvalue weighted by atomic mass is 10.0. The first kappa shape index (κ1) is 15.5. The number of benzene rings is 2. The Labute approximate surface area is 128 Å². The van der Waals surface area contributed by atoms with Gasteiger partial charge >= 0.3 is 11.9 Å². The van der Waals surface area contributed by atoms with Gasteiger partial charge < -0.3 is 9.84 Å². The van der Waals surface area contributed by atoms with E-state index in [2.05, 4.69) is 0 Å². The molecule has 0 aliphatic carbocycles. The van der Waals surface area contributed by atoms with Gasteiger partial charge in [-0.15, -0.1) is 0 Å². The summed E-state index contributed by atoms with van der Waals surface area (Å²) in [6, 6.07) is 15.5. The van der Waals surface area contributed by atoms with Gasteiger partial charge in [0.1, 0.15) is 0 Å². The normalized spacial score (nSPS) is 11.0. The van der Waals surface area contributed by atoms with Crippen LogP contribution in [0.3, 0.4) is 0 Å². The summed E-state index contributed by atoms with van der Waals surface area (Å²) in [4.78, 5) is 23.2. The van der Waals surface area contributed by atoms with Crippen LogP contribution in [0, 0.1) is 0 Å². The fraction of sp³-hybridized carbons (Fsp3) is 0.111. The first-order valence-electron chi connectivity index (χ1n) is 6.89. The van der Waals surface area contributed by atoms with Crippen LogP contribution in [-0.2, 0) is 9.53 Å². The van der Waals surface area contributed by atoms with Crippen molar-refractivity contribution in [3.05, 3.63) is 71.3 Å². The predicted molar refractivity (Wildman–Crippen MR) is 84.3 cm³/mol. The Morgan fingerprint density at radius 3 is 2.36 bits per heavy atom. The molecule has 0 atom stereocenters. The Balaban J connectivity index is 2.39. The van der Waals surface area contributed by atoms with Crippen LogP contribution in [0.1, 0.15) is 28.4 Å². The quantitative estimate of drug-likeness (QED) is 0.521. The monoisotopic (exact) mass is 296 g/mol. The zero-order valence-corrected chi connectivity index (χ0v) is 12.2. The molecule has 4 heteroatoms. The van der Waals surface area contributed by atoms with E-state index in [1.807, 2.05) is 6.07 Å². The van der Waals surface area contributed by atoms with Crippen LogP contribution in [0.5, 0.6) is 0 Å². The SMILES string of the molecule is CCOC(=O)c1cccc(/C=C(\C(=O)O)c2ccccc2)c1. The lowest BCUT2D eigenvalue weighted by Gasteiger charge is -2.05. The largest absolute Gasteiger partial charge is 0.478 e. The first-order valence-corrected chi connectivity index (χ1v) is 6.89. The van der Waals surface area contributed by atoms with E-state index in [0.29, 0.717) is 23.3 Å². The molecule has 0 fully saturated rings. The van der Waals surface area contributed by atoms with E-state index in [1.165, 1.54) is 0 Å². The second-order valence-corrected chi connectivity index (χ2v) is 4.58. The number of aliphatic carboxylic acids is 1. The molecular formula is C18H16O4. The van der Waals surface area contributed by atoms with Crippen molar-refractivity contribution in [2.24, 2.45) is 0 Å². The lowest BCUT2D eigenvalue weighted by molar-refractivity contribution is -0.130. The summed E-state index contributed by atoms with van der Waals surface area (Å²) in [5.74, 6) is -1.44. The molecule has 0 bridgehead atoms. The van der Waals surface area contributed by atoms with Gasteiger partial charge in [0.15, 0.2) is 0 Å². The molecule has 0 heterocycles. The van der Waals surface area contributed by atoms with Gasteiger partial charge in [-0.05, 0) is 36.3 Å². The summed E-state index contributed by atoms with van der Waals surface area (Å²) in [5.41, 5.74) is 1.80. The van der Waals surface area contributed by atoms with E-state index < -0.39 is 11.9 Å². The average molecular weight is 296 g/mol. The highest BCUT2D eigenvalue weighted by molar-refractivity contribution is 6.20. The molecule has 0 amide bonds. The van der Waals surface area contributed by atoms with Crippen molar-refractivity contribution in [2.75, 3.05) is 6.61 Å². The maximum atomic E-state index is 11.7. The van der Waals surface area contributed by atoms with Crippen molar-refractivity contribution in [1.82, 2.24) is 0 Å². The molecule has 1 N–H and O–H groups in total. The van der Waals surface area contributed by atoms with E-state index in [1.54, 1.807) is 61.5 Å². The molecule has 22 heavy (non-hydrogen) atoms. The average Bonchev–Trinajstić information content (AvgIpc) is 2.53. The molecular weight excluding hydrogens is 280 g/mol. The Kier molecular flexibility index (Phi) is 5.09. The fourth-order valence-corrected chi connectivity index (χ4v) is 2.02. The summed E-state index contributed by atoms with van der Waals surface area (Å²) in [5, 5.41) is 9.39. The number of esters is 1. The maximum Gasteiger partial charge on any atom is 0.338 e. The van der Waals surface area contributed by atoms with Gasteiger partial charge in [-0.1, -0.05) is 42.5 Å². The molecule has 4 nitrogen and oxygen atoms in total. The third kappa shape index (κ3) is 3.82. The molecule has 2 rings (SSSR count). The number of carboxylic acid groups (broad SMARTS) is 1. The van der Waals surface area contributed by atoms with Gasteiger partial charge in [-0.2, -0.15) is 0 Å². The smallest absolute Gasteiger partial charge is 0.338 e. The van der Waals surface area contributed by atoms with Crippen LogP contribution in [0.4, 0.5) is 0 Å². The van der Waals surface area contributed by atoms with Crippen molar-refractivity contribution in [3.8, 4) is 0 Å². The molecule has 0 aromatic heterocycles. The van der Waals surface area contributed by atoms with Gasteiger partial charge in [0.05, 0.1) is 17.7 Å². The third-order valence-corrected chi connectivity index (χ3v) is 3.02. The molecule has 2 aromatic carbocycles. The molecule has 0 radical (unpaired) electrons. The summed E-state index contributed by atoms with van der Waals surface area (Å²) in [6.45, 7) is 2.03. The molecule has 0 saturated heterocycles. The van der Waals surface area contributed by atoms with Gasteiger partial charge in [0.25, 0.3) is 0 Å². The number of rotatable bonds is 5. The van der Waals surface area contributed by atoms with E-state index in [4.69, 9.17) is 4.74 Å². The van der Waals surface area contributed by atoms with Crippen molar-refractivity contribution >= 4 is 23.6 Å². The van der Waals surface area contributed by atoms with Crippen LogP contribution in [0.2, 0.25) is 0 Å². The number of ether oxygens (including phenoxy) is 1. The second-order valence-electron chi connectivity index (χ2n) is 4.58. The van der Waals surface area contributed by atoms with Crippen LogP contribution in [0.25, 0.3) is 11.6 Å². The number of carbonyl (C=O) groups is 2. The minimum absolute atomic E-state index is 0.168. The molecule has 0 spiro atoms. The highest BCUT2D eigenvalue weighted by atomic mass is 16.5.